The van der Waals surface area contributed by atoms with Gasteiger partial charge in [0.05, 0.1) is 5.69 Å². The van der Waals surface area contributed by atoms with Gasteiger partial charge in [-0.05, 0) is 43.3 Å². The van der Waals surface area contributed by atoms with E-state index in [4.69, 9.17) is 0 Å². The van der Waals surface area contributed by atoms with Crippen molar-refractivity contribution >= 4 is 23.1 Å². The van der Waals surface area contributed by atoms with E-state index in [9.17, 15) is 0 Å². The van der Waals surface area contributed by atoms with Gasteiger partial charge in [-0.2, -0.15) is 0 Å². The van der Waals surface area contributed by atoms with Crippen molar-refractivity contribution in [3.63, 3.8) is 0 Å². The van der Waals surface area contributed by atoms with Gasteiger partial charge in [-0.3, -0.25) is 0 Å². The molecule has 2 aromatic carbocycles. The quantitative estimate of drug-likeness (QED) is 0.683. The van der Waals surface area contributed by atoms with Crippen molar-refractivity contribution in [3.05, 3.63) is 53.6 Å². The van der Waals surface area contributed by atoms with Crippen LogP contribution in [0.25, 0.3) is 0 Å². The fourth-order valence-corrected chi connectivity index (χ4v) is 5.50. The second-order valence-electron chi connectivity index (χ2n) is 6.71. The molecule has 0 radical (unpaired) electrons. The zero-order valence-corrected chi connectivity index (χ0v) is 13.6. The van der Waals surface area contributed by atoms with Crippen molar-refractivity contribution in [1.82, 2.24) is 4.90 Å². The Labute approximate surface area is 143 Å². The lowest BCUT2D eigenvalue weighted by Crippen LogP contribution is -2.43. The Morgan fingerprint density at radius 3 is 2.87 bits per heavy atom. The van der Waals surface area contributed by atoms with E-state index in [2.05, 4.69) is 59.3 Å². The highest BCUT2D eigenvalue weighted by Gasteiger charge is 2.44. The van der Waals surface area contributed by atoms with Gasteiger partial charge in [0, 0.05) is 34.8 Å². The number of nitrogens with zero attached hydrogens (tertiary/aromatic N) is 2. The van der Waals surface area contributed by atoms with Gasteiger partial charge in [0.15, 0.2) is 0 Å². The fourth-order valence-electron chi connectivity index (χ4n) is 4.42. The van der Waals surface area contributed by atoms with Gasteiger partial charge in [0.2, 0.25) is 0 Å². The molecule has 3 aliphatic heterocycles. The van der Waals surface area contributed by atoms with Gasteiger partial charge in [-0.25, -0.2) is 0 Å². The first-order valence-electron chi connectivity index (χ1n) is 8.14. The third-order valence-corrected chi connectivity index (χ3v) is 6.51. The minimum atomic E-state index is 0. The normalized spacial score (nSPS) is 25.0. The smallest absolute Gasteiger partial charge is 0.0588 e. The maximum atomic E-state index is 2.68. The lowest BCUT2D eigenvalue weighted by atomic mass is 9.89. The number of thioether (sulfide) groups is 1. The number of fused-ring (bicyclic) bond motifs is 5. The van der Waals surface area contributed by atoms with E-state index < -0.39 is 0 Å². The van der Waals surface area contributed by atoms with E-state index in [-0.39, 0.29) is 7.43 Å². The summed E-state index contributed by atoms with van der Waals surface area (Å²) in [5.41, 5.74) is 5.99. The van der Waals surface area contributed by atoms with Crippen LogP contribution in [0.5, 0.6) is 0 Å². The number of benzene rings is 2. The van der Waals surface area contributed by atoms with Crippen LogP contribution in [-0.4, -0.2) is 31.1 Å². The molecule has 2 aromatic rings. The second-order valence-corrected chi connectivity index (χ2v) is 7.72. The highest BCUT2D eigenvalue weighted by molar-refractivity contribution is 7.98. The summed E-state index contributed by atoms with van der Waals surface area (Å²) in [5.74, 6) is 1.74. The van der Waals surface area contributed by atoms with E-state index in [0.717, 1.165) is 5.75 Å². The van der Waals surface area contributed by atoms with Gasteiger partial charge < -0.3 is 9.80 Å². The Balaban J connectivity index is 0.00000135. The number of likely N-dealkylation sites (N-methyl/N-ethyl adjacent to an activating group) is 1. The molecule has 1 fully saturated rings. The summed E-state index contributed by atoms with van der Waals surface area (Å²) in [4.78, 5) is 6.63. The summed E-state index contributed by atoms with van der Waals surface area (Å²) >= 11 is 2.00. The molecular formula is C20H24N2S. The molecule has 2 atom stereocenters. The van der Waals surface area contributed by atoms with Gasteiger partial charge in [0.1, 0.15) is 0 Å². The Morgan fingerprint density at radius 1 is 1.09 bits per heavy atom. The maximum Gasteiger partial charge on any atom is 0.0588 e. The van der Waals surface area contributed by atoms with Crippen LogP contribution in [0.3, 0.4) is 0 Å². The van der Waals surface area contributed by atoms with Crippen LogP contribution in [0.1, 0.15) is 30.9 Å². The molecule has 0 amide bonds. The van der Waals surface area contributed by atoms with Crippen LogP contribution in [0, 0.1) is 0 Å². The Kier molecular flexibility index (Phi) is 3.66. The Morgan fingerprint density at radius 2 is 1.96 bits per heavy atom. The number of likely N-dealkylation sites (tertiary alicyclic amines) is 1. The van der Waals surface area contributed by atoms with Crippen LogP contribution in [-0.2, 0) is 5.75 Å². The van der Waals surface area contributed by atoms with Crippen molar-refractivity contribution in [2.24, 2.45) is 0 Å². The molecule has 3 heteroatoms. The van der Waals surface area contributed by atoms with Crippen LogP contribution in [0.15, 0.2) is 47.4 Å². The third kappa shape index (κ3) is 2.14. The first-order valence-corrected chi connectivity index (χ1v) is 9.13. The van der Waals surface area contributed by atoms with E-state index in [1.165, 1.54) is 41.3 Å². The molecule has 23 heavy (non-hydrogen) atoms. The molecule has 0 aromatic heterocycles. The van der Waals surface area contributed by atoms with Crippen LogP contribution < -0.4 is 4.90 Å². The number of piperidine rings is 1. The van der Waals surface area contributed by atoms with Crippen LogP contribution >= 0.6 is 11.8 Å². The number of hydrogen-bond donors (Lipinski definition) is 0. The highest BCUT2D eigenvalue weighted by atomic mass is 32.2. The molecule has 0 saturated carbocycles. The Hall–Kier alpha value is -1.45. The summed E-state index contributed by atoms with van der Waals surface area (Å²) in [6, 6.07) is 16.6. The number of anilines is 2. The van der Waals surface area contributed by atoms with Crippen molar-refractivity contribution in [3.8, 4) is 0 Å². The lowest BCUT2D eigenvalue weighted by Gasteiger charge is -2.37. The first kappa shape index (κ1) is 15.1. The second kappa shape index (κ2) is 5.57. The summed E-state index contributed by atoms with van der Waals surface area (Å²) < 4.78 is 0. The van der Waals surface area contributed by atoms with E-state index in [1.54, 1.807) is 5.56 Å². The first-order chi connectivity index (χ1) is 10.8. The lowest BCUT2D eigenvalue weighted by molar-refractivity contribution is 0.236. The topological polar surface area (TPSA) is 6.48 Å². The maximum absolute atomic E-state index is 2.68. The minimum absolute atomic E-state index is 0. The summed E-state index contributed by atoms with van der Waals surface area (Å²) in [6.07, 6.45) is 1.26. The standard InChI is InChI=1S/C19H20N2S.CH4/c1-20-10-9-17-15(11-20)14-6-4-8-18-19(14)21(17)16-7-3-2-5-13(16)12-22-18;/h2-8,15,17H,9-12H2,1H3;1H4. The van der Waals surface area contributed by atoms with E-state index in [0.29, 0.717) is 12.0 Å². The number of rotatable bonds is 0. The molecule has 2 unspecified atom stereocenters. The molecule has 5 rings (SSSR count). The van der Waals surface area contributed by atoms with Gasteiger partial charge in [0.25, 0.3) is 0 Å². The van der Waals surface area contributed by atoms with Crippen molar-refractivity contribution in [2.75, 3.05) is 25.0 Å². The van der Waals surface area contributed by atoms with Gasteiger partial charge in [-0.15, -0.1) is 11.8 Å². The van der Waals surface area contributed by atoms with E-state index >= 15 is 0 Å². The average Bonchev–Trinajstić information content (AvgIpc) is 2.77. The highest BCUT2D eigenvalue weighted by Crippen LogP contribution is 2.54. The van der Waals surface area contributed by atoms with Gasteiger partial charge in [-0.1, -0.05) is 37.8 Å². The molecule has 1 saturated heterocycles. The molecule has 3 heterocycles. The van der Waals surface area contributed by atoms with Crippen LogP contribution in [0.4, 0.5) is 11.4 Å². The molecule has 0 aliphatic carbocycles. The van der Waals surface area contributed by atoms with Gasteiger partial charge >= 0.3 is 0 Å². The molecule has 0 spiro atoms. The SMILES string of the molecule is C.CN1CCC2C(C1)c1cccc3c1N2c1ccccc1CS3. The van der Waals surface area contributed by atoms with Crippen LogP contribution in [0.2, 0.25) is 0 Å². The monoisotopic (exact) mass is 324 g/mol. The molecule has 0 N–H and O–H groups in total. The molecule has 2 nitrogen and oxygen atoms in total. The summed E-state index contributed by atoms with van der Waals surface area (Å²) in [7, 11) is 2.26. The zero-order chi connectivity index (χ0) is 14.7. The molecule has 120 valence electrons. The minimum Gasteiger partial charge on any atom is -0.336 e. The van der Waals surface area contributed by atoms with E-state index in [1.807, 2.05) is 11.8 Å². The molecular weight excluding hydrogens is 300 g/mol. The largest absolute Gasteiger partial charge is 0.336 e. The summed E-state index contributed by atoms with van der Waals surface area (Å²) in [5, 5.41) is 0. The van der Waals surface area contributed by atoms with Crippen molar-refractivity contribution in [2.45, 2.75) is 36.5 Å². The van der Waals surface area contributed by atoms with Crippen molar-refractivity contribution < 1.29 is 0 Å². The third-order valence-electron chi connectivity index (χ3n) is 5.42. The number of para-hydroxylation sites is 2. The Bertz CT molecular complexity index is 742. The number of hydrogen-bond acceptors (Lipinski definition) is 3. The molecule has 0 bridgehead atoms. The zero-order valence-electron chi connectivity index (χ0n) is 12.8. The summed E-state index contributed by atoms with van der Waals surface area (Å²) in [6.45, 7) is 2.39. The van der Waals surface area contributed by atoms with Crippen molar-refractivity contribution in [1.29, 1.82) is 0 Å². The molecule has 3 aliphatic rings. The predicted octanol–water partition coefficient (Wildman–Crippen LogP) is 4.87. The fraction of sp³-hybridized carbons (Fsp3) is 0.400. The average molecular weight is 324 g/mol. The predicted molar refractivity (Wildman–Crippen MR) is 100.0 cm³/mol.